The van der Waals surface area contributed by atoms with Crippen molar-refractivity contribution in [2.24, 2.45) is 0 Å². The summed E-state index contributed by atoms with van der Waals surface area (Å²) in [6.45, 7) is -2.28. The summed E-state index contributed by atoms with van der Waals surface area (Å²) in [5.41, 5.74) is 0. The van der Waals surface area contributed by atoms with Crippen LogP contribution in [0.2, 0.25) is 48.2 Å². The minimum Gasteiger partial charge on any atom is -0.351 e. The van der Waals surface area contributed by atoms with Crippen LogP contribution in [0.1, 0.15) is 0 Å². The number of hydrogen-bond donors (Lipinski definition) is 1. The van der Waals surface area contributed by atoms with Gasteiger partial charge < -0.3 is 4.98 Å². The molecule has 0 amide bonds. The molecule has 0 radical (unpaired) electrons. The SMILES string of the molecule is [CH]12[CH]3[CH]4[CH]5[CH]1[Fe]23451678[CH]2[CH]1[CH]6[CH]7[CH]28.c1c[nH]cn1. The van der Waals surface area contributed by atoms with Gasteiger partial charge in [-0.05, 0) is 0 Å². The maximum atomic E-state index is 3.67. The Labute approximate surface area is 83.5 Å². The quantitative estimate of drug-likeness (QED) is 0.701. The molecule has 0 aliphatic carbocycles. The number of fused-ring (bicyclic) bond motifs is 10. The zero-order chi connectivity index (χ0) is 9.63. The molecule has 0 bridgehead atoms. The molecule has 0 aromatic carbocycles. The molecule has 11 heterocycles. The zero-order valence-corrected chi connectivity index (χ0v) is 9.91. The van der Waals surface area contributed by atoms with Crippen molar-refractivity contribution in [1.82, 2.24) is 9.97 Å². The molecule has 2 nitrogen and oxygen atoms in total. The van der Waals surface area contributed by atoms with E-state index < -0.39 is 6.51 Å². The third-order valence-electron chi connectivity index (χ3n) is 14.9. The molecule has 10 fully saturated rings. The summed E-state index contributed by atoms with van der Waals surface area (Å²) in [6.07, 6.45) is 5.08. The fraction of sp³-hybridized carbons (Fsp3) is 0.769. The Morgan fingerprint density at radius 3 is 1.25 bits per heavy atom. The molecule has 10 aliphatic heterocycles. The predicted molar refractivity (Wildman–Crippen MR) is 56.1 cm³/mol. The Morgan fingerprint density at radius 2 is 1.19 bits per heavy atom. The zero-order valence-electron chi connectivity index (χ0n) is 8.81. The number of aromatic nitrogens is 2. The first-order chi connectivity index (χ1) is 7.66. The summed E-state index contributed by atoms with van der Waals surface area (Å²) < 4.78 is 0. The third kappa shape index (κ3) is 0.0531. The van der Waals surface area contributed by atoms with Crippen LogP contribution in [0, 0.1) is 0 Å². The van der Waals surface area contributed by atoms with Crippen molar-refractivity contribution < 1.29 is 6.51 Å². The maximum Gasteiger partial charge on any atom is 0.0919 e. The van der Waals surface area contributed by atoms with Crippen molar-refractivity contribution >= 4 is 0 Å². The van der Waals surface area contributed by atoms with Gasteiger partial charge in [-0.3, -0.25) is 0 Å². The number of H-pyrrole nitrogens is 1. The van der Waals surface area contributed by atoms with Crippen molar-refractivity contribution in [3.8, 4) is 0 Å². The van der Waals surface area contributed by atoms with E-state index in [2.05, 4.69) is 9.97 Å². The van der Waals surface area contributed by atoms with Crippen LogP contribution in [0.5, 0.6) is 0 Å². The summed E-state index contributed by atoms with van der Waals surface area (Å²) in [5.74, 6) is 0. The Balaban J connectivity index is 0.000000101. The average molecular weight is 254 g/mol. The van der Waals surface area contributed by atoms with Gasteiger partial charge in [-0.1, -0.05) is 0 Å². The first-order valence-electron chi connectivity index (χ1n) is 6.80. The Morgan fingerprint density at radius 1 is 0.750 bits per heavy atom. The minimum absolute atomic E-state index is 1.59. The van der Waals surface area contributed by atoms with Gasteiger partial charge in [-0.15, -0.1) is 0 Å². The smallest absolute Gasteiger partial charge is 0.0919 e. The molecule has 3 heteroatoms. The largest absolute Gasteiger partial charge is 0.351 e. The topological polar surface area (TPSA) is 28.7 Å². The second-order valence-electron chi connectivity index (χ2n) is 10.3. The van der Waals surface area contributed by atoms with E-state index in [4.69, 9.17) is 0 Å². The van der Waals surface area contributed by atoms with E-state index in [0.29, 0.717) is 0 Å². The summed E-state index contributed by atoms with van der Waals surface area (Å²) in [6, 6.07) is 0. The molecule has 10 aliphatic rings. The van der Waals surface area contributed by atoms with Gasteiger partial charge in [0.2, 0.25) is 0 Å². The first kappa shape index (κ1) is 5.58. The summed E-state index contributed by atoms with van der Waals surface area (Å²) in [7, 11) is 0. The summed E-state index contributed by atoms with van der Waals surface area (Å²) in [4.78, 5) is 22.3. The molecule has 1 spiro atoms. The van der Waals surface area contributed by atoms with Gasteiger partial charge in [-0.25, -0.2) is 4.98 Å². The van der Waals surface area contributed by atoms with E-state index in [1.54, 1.807) is 66.9 Å². The van der Waals surface area contributed by atoms with Gasteiger partial charge >= 0.3 is 54.7 Å². The number of aromatic amines is 1. The van der Waals surface area contributed by atoms with Crippen molar-refractivity contribution in [1.29, 1.82) is 0 Å². The molecular formula is C13H14FeN2. The van der Waals surface area contributed by atoms with Gasteiger partial charge in [0.05, 0.1) is 6.33 Å². The Bertz CT molecular complexity index is 745. The van der Waals surface area contributed by atoms with Crippen molar-refractivity contribution in [2.45, 2.75) is 48.2 Å². The fourth-order valence-corrected chi connectivity index (χ4v) is 88.2. The molecule has 0 atom stereocenters. The maximum absolute atomic E-state index is 3.67. The molecule has 84 valence electrons. The molecule has 16 heavy (non-hydrogen) atoms. The van der Waals surface area contributed by atoms with Crippen LogP contribution in [-0.2, 0) is 6.51 Å². The van der Waals surface area contributed by atoms with Gasteiger partial charge in [0.25, 0.3) is 0 Å². The molecule has 1 N–H and O–H groups in total. The van der Waals surface area contributed by atoms with Crippen molar-refractivity contribution in [3.05, 3.63) is 18.7 Å². The average Bonchev–Trinajstić information content (AvgIpc) is 3.27. The van der Waals surface area contributed by atoms with Crippen LogP contribution in [0.25, 0.3) is 0 Å². The number of hydrogen-bond acceptors (Lipinski definition) is 1. The minimum atomic E-state index is -2.28. The normalized spacial score (nSPS) is 120. The molecule has 11 rings (SSSR count). The van der Waals surface area contributed by atoms with Crippen LogP contribution < -0.4 is 0 Å². The fourth-order valence-electron chi connectivity index (χ4n) is 16.0. The molecule has 1 aromatic rings. The summed E-state index contributed by atoms with van der Waals surface area (Å²) >= 11 is 0. The van der Waals surface area contributed by atoms with Crippen LogP contribution in [0.4, 0.5) is 0 Å². The molecule has 0 unspecified atom stereocenters. The summed E-state index contributed by atoms with van der Waals surface area (Å²) in [5, 5.41) is 0. The van der Waals surface area contributed by atoms with E-state index in [-0.39, 0.29) is 0 Å². The van der Waals surface area contributed by atoms with Crippen LogP contribution in [-0.4, -0.2) is 9.97 Å². The molecular weight excluding hydrogens is 240 g/mol. The second kappa shape index (κ2) is 0.437. The Kier molecular flexibility index (Phi) is 0.152. The van der Waals surface area contributed by atoms with Crippen molar-refractivity contribution in [2.75, 3.05) is 0 Å². The first-order valence-corrected chi connectivity index (χ1v) is 13.2. The van der Waals surface area contributed by atoms with E-state index >= 15 is 0 Å². The standard InChI is InChI=1S/2C5H5.C3H4N2.Fe/c2*1-2-4-5-3-1;1-2-5-3-4-1;/h2*1-5H;1-3H,(H,4,5);. The van der Waals surface area contributed by atoms with Gasteiger partial charge in [0, 0.05) is 12.4 Å². The van der Waals surface area contributed by atoms with Gasteiger partial charge in [-0.2, -0.15) is 0 Å². The monoisotopic (exact) mass is 254 g/mol. The molecule has 1 aromatic heterocycles. The van der Waals surface area contributed by atoms with Crippen LogP contribution >= 0.6 is 0 Å². The van der Waals surface area contributed by atoms with E-state index in [0.717, 1.165) is 0 Å². The van der Waals surface area contributed by atoms with Gasteiger partial charge in [0.15, 0.2) is 0 Å². The number of nitrogens with one attached hydrogen (secondary N) is 1. The van der Waals surface area contributed by atoms with E-state index in [1.165, 1.54) is 0 Å². The Hall–Kier alpha value is -0.271. The van der Waals surface area contributed by atoms with Gasteiger partial charge in [0.1, 0.15) is 0 Å². The second-order valence-corrected chi connectivity index (χ2v) is 34.3. The predicted octanol–water partition coefficient (Wildman–Crippen LogP) is 3.79. The van der Waals surface area contributed by atoms with E-state index in [1.807, 2.05) is 0 Å². The van der Waals surface area contributed by atoms with E-state index in [9.17, 15) is 0 Å². The van der Waals surface area contributed by atoms with Crippen LogP contribution in [0.15, 0.2) is 18.7 Å². The third-order valence-corrected chi connectivity index (χ3v) is 56.9. The van der Waals surface area contributed by atoms with Crippen molar-refractivity contribution in [3.63, 3.8) is 0 Å². The van der Waals surface area contributed by atoms with Crippen LogP contribution in [0.3, 0.4) is 0 Å². The number of rotatable bonds is 0. The number of imidazole rings is 1. The molecule has 0 saturated carbocycles. The molecule has 10 saturated heterocycles. The number of nitrogens with zero attached hydrogens (tertiary/aromatic N) is 1.